The lowest BCUT2D eigenvalue weighted by Gasteiger charge is -2.25. The van der Waals surface area contributed by atoms with Gasteiger partial charge in [-0.15, -0.1) is 0 Å². The molecule has 8 heteroatoms. The molecule has 3 aromatic rings. The topological polar surface area (TPSA) is 92.4 Å². The number of hydrogen-bond acceptors (Lipinski definition) is 6. The molecule has 0 saturated heterocycles. The van der Waals surface area contributed by atoms with Gasteiger partial charge in [0, 0.05) is 35.8 Å². The third kappa shape index (κ3) is 4.22. The number of para-hydroxylation sites is 1. The first-order chi connectivity index (χ1) is 14.2. The normalized spacial score (nSPS) is 14.5. The summed E-state index contributed by atoms with van der Waals surface area (Å²) in [4.78, 5) is 26.1. The van der Waals surface area contributed by atoms with Crippen molar-refractivity contribution in [3.63, 3.8) is 0 Å². The molecule has 2 N–H and O–H groups in total. The van der Waals surface area contributed by atoms with Gasteiger partial charge in [-0.3, -0.25) is 15.0 Å². The van der Waals surface area contributed by atoms with Crippen molar-refractivity contribution in [2.75, 3.05) is 39.2 Å². The van der Waals surface area contributed by atoms with Crippen LogP contribution < -0.4 is 14.8 Å². The highest BCUT2D eigenvalue weighted by Crippen LogP contribution is 2.29. The Morgan fingerprint density at radius 1 is 1.21 bits per heavy atom. The van der Waals surface area contributed by atoms with Gasteiger partial charge in [0.1, 0.15) is 0 Å². The number of rotatable bonds is 6. The highest BCUT2D eigenvalue weighted by molar-refractivity contribution is 5.93. The fourth-order valence-electron chi connectivity index (χ4n) is 3.47. The molecule has 3 heterocycles. The number of aromatic amines is 1. The summed E-state index contributed by atoms with van der Waals surface area (Å²) in [5, 5.41) is 3.94. The summed E-state index contributed by atoms with van der Waals surface area (Å²) in [6.45, 7) is 1.78. The minimum atomic E-state index is -0.177. The Balaban J connectivity index is 1.38. The van der Waals surface area contributed by atoms with Crippen LogP contribution in [-0.2, 0) is 4.79 Å². The molecule has 1 aromatic carbocycles. The zero-order valence-corrected chi connectivity index (χ0v) is 16.4. The van der Waals surface area contributed by atoms with Gasteiger partial charge in [-0.1, -0.05) is 24.3 Å². The standard InChI is InChI=1S/C21H23N5O3/c1-28-19-11-20(29-2)25-21(24-19)23-18(27)13-26-9-7-14(8-10-26)16-12-22-17-6-4-3-5-15(16)17/h3-7,11-12,22H,8-10,13H2,1-2H3,(H,23,24,25,27). The third-order valence-corrected chi connectivity index (χ3v) is 4.94. The molecule has 4 rings (SSSR count). The summed E-state index contributed by atoms with van der Waals surface area (Å²) in [6.07, 6.45) is 5.14. The maximum absolute atomic E-state index is 12.4. The molecule has 0 aliphatic carbocycles. The van der Waals surface area contributed by atoms with Crippen LogP contribution in [0.4, 0.5) is 5.95 Å². The molecule has 8 nitrogen and oxygen atoms in total. The molecule has 0 spiro atoms. The van der Waals surface area contributed by atoms with Gasteiger partial charge in [-0.05, 0) is 18.1 Å². The Morgan fingerprint density at radius 3 is 2.66 bits per heavy atom. The number of carbonyl (C=O) groups excluding carboxylic acids is 1. The first-order valence-electron chi connectivity index (χ1n) is 9.41. The maximum atomic E-state index is 12.4. The summed E-state index contributed by atoms with van der Waals surface area (Å²) < 4.78 is 10.2. The van der Waals surface area contributed by atoms with E-state index in [2.05, 4.69) is 55.6 Å². The molecule has 0 unspecified atom stereocenters. The van der Waals surface area contributed by atoms with Crippen LogP contribution >= 0.6 is 0 Å². The van der Waals surface area contributed by atoms with Crippen molar-refractivity contribution in [3.05, 3.63) is 48.2 Å². The number of H-pyrrole nitrogens is 1. The number of nitrogens with one attached hydrogen (secondary N) is 2. The van der Waals surface area contributed by atoms with E-state index in [0.717, 1.165) is 18.5 Å². The molecule has 1 amide bonds. The molecule has 0 saturated carbocycles. The zero-order chi connectivity index (χ0) is 20.2. The van der Waals surface area contributed by atoms with Crippen LogP contribution in [0.25, 0.3) is 16.5 Å². The van der Waals surface area contributed by atoms with Crippen molar-refractivity contribution in [2.45, 2.75) is 6.42 Å². The minimum absolute atomic E-state index is 0.165. The number of nitrogens with zero attached hydrogens (tertiary/aromatic N) is 3. The van der Waals surface area contributed by atoms with Crippen molar-refractivity contribution in [1.82, 2.24) is 19.9 Å². The lowest BCUT2D eigenvalue weighted by atomic mass is 9.99. The number of anilines is 1. The van der Waals surface area contributed by atoms with E-state index in [4.69, 9.17) is 9.47 Å². The molecule has 150 valence electrons. The summed E-state index contributed by atoms with van der Waals surface area (Å²) in [5.74, 6) is 0.648. The predicted octanol–water partition coefficient (Wildman–Crippen LogP) is 2.70. The number of ether oxygens (including phenoxy) is 2. The van der Waals surface area contributed by atoms with Crippen molar-refractivity contribution >= 4 is 28.3 Å². The van der Waals surface area contributed by atoms with E-state index in [0.29, 0.717) is 18.3 Å². The average Bonchev–Trinajstić information content (AvgIpc) is 3.18. The Kier molecular flexibility index (Phi) is 5.44. The monoisotopic (exact) mass is 393 g/mol. The van der Waals surface area contributed by atoms with Crippen molar-refractivity contribution in [3.8, 4) is 11.8 Å². The number of carbonyl (C=O) groups is 1. The summed E-state index contributed by atoms with van der Waals surface area (Å²) in [5.41, 5.74) is 3.68. The lowest BCUT2D eigenvalue weighted by Crippen LogP contribution is -2.36. The van der Waals surface area contributed by atoms with Gasteiger partial charge >= 0.3 is 0 Å². The van der Waals surface area contributed by atoms with Crippen LogP contribution in [-0.4, -0.2) is 59.6 Å². The molecule has 2 aromatic heterocycles. The highest BCUT2D eigenvalue weighted by Gasteiger charge is 2.18. The second-order valence-electron chi connectivity index (χ2n) is 6.79. The number of fused-ring (bicyclic) bond motifs is 1. The van der Waals surface area contributed by atoms with E-state index >= 15 is 0 Å². The fourth-order valence-corrected chi connectivity index (χ4v) is 3.47. The van der Waals surface area contributed by atoms with E-state index in [1.807, 2.05) is 6.07 Å². The zero-order valence-electron chi connectivity index (χ0n) is 16.4. The van der Waals surface area contributed by atoms with Gasteiger partial charge in [-0.25, -0.2) is 0 Å². The van der Waals surface area contributed by atoms with Gasteiger partial charge in [0.15, 0.2) is 0 Å². The highest BCUT2D eigenvalue weighted by atomic mass is 16.5. The first-order valence-corrected chi connectivity index (χ1v) is 9.41. The van der Waals surface area contributed by atoms with E-state index in [9.17, 15) is 4.79 Å². The number of methoxy groups -OCH3 is 2. The number of amides is 1. The van der Waals surface area contributed by atoms with E-state index in [-0.39, 0.29) is 18.4 Å². The van der Waals surface area contributed by atoms with Crippen molar-refractivity contribution < 1.29 is 14.3 Å². The van der Waals surface area contributed by atoms with Crippen LogP contribution in [0.2, 0.25) is 0 Å². The number of benzene rings is 1. The predicted molar refractivity (Wildman–Crippen MR) is 111 cm³/mol. The van der Waals surface area contributed by atoms with Gasteiger partial charge < -0.3 is 14.5 Å². The quantitative estimate of drug-likeness (QED) is 0.669. The van der Waals surface area contributed by atoms with Gasteiger partial charge in [-0.2, -0.15) is 9.97 Å². The maximum Gasteiger partial charge on any atom is 0.240 e. The molecular formula is C21H23N5O3. The van der Waals surface area contributed by atoms with Crippen LogP contribution in [0.1, 0.15) is 12.0 Å². The molecule has 0 atom stereocenters. The lowest BCUT2D eigenvalue weighted by molar-refractivity contribution is -0.117. The molecule has 0 bridgehead atoms. The van der Waals surface area contributed by atoms with Crippen molar-refractivity contribution in [1.29, 1.82) is 0 Å². The number of aromatic nitrogens is 3. The van der Waals surface area contributed by atoms with Crippen LogP contribution in [0.3, 0.4) is 0 Å². The van der Waals surface area contributed by atoms with Crippen molar-refractivity contribution in [2.24, 2.45) is 0 Å². The first kappa shape index (κ1) is 18.9. The minimum Gasteiger partial charge on any atom is -0.481 e. The molecule has 1 aliphatic rings. The van der Waals surface area contributed by atoms with E-state index < -0.39 is 0 Å². The van der Waals surface area contributed by atoms with E-state index in [1.54, 1.807) is 6.07 Å². The molecule has 1 aliphatic heterocycles. The summed E-state index contributed by atoms with van der Waals surface area (Å²) in [7, 11) is 3.00. The second kappa shape index (κ2) is 8.32. The van der Waals surface area contributed by atoms with Gasteiger partial charge in [0.05, 0.1) is 26.8 Å². The molecule has 0 fully saturated rings. The summed E-state index contributed by atoms with van der Waals surface area (Å²) >= 11 is 0. The van der Waals surface area contributed by atoms with Crippen LogP contribution in [0.15, 0.2) is 42.6 Å². The Hall–Kier alpha value is -3.39. The van der Waals surface area contributed by atoms with E-state index in [1.165, 1.54) is 30.7 Å². The number of hydrogen-bond donors (Lipinski definition) is 2. The molecular weight excluding hydrogens is 370 g/mol. The molecule has 0 radical (unpaired) electrons. The third-order valence-electron chi connectivity index (χ3n) is 4.94. The molecule has 29 heavy (non-hydrogen) atoms. The smallest absolute Gasteiger partial charge is 0.240 e. The summed E-state index contributed by atoms with van der Waals surface area (Å²) in [6, 6.07) is 9.84. The largest absolute Gasteiger partial charge is 0.481 e. The Morgan fingerprint density at radius 2 is 1.97 bits per heavy atom. The Labute approximate surface area is 168 Å². The van der Waals surface area contributed by atoms with Gasteiger partial charge in [0.2, 0.25) is 23.6 Å². The van der Waals surface area contributed by atoms with Crippen LogP contribution in [0.5, 0.6) is 11.8 Å². The van der Waals surface area contributed by atoms with Crippen LogP contribution in [0, 0.1) is 0 Å². The SMILES string of the molecule is COc1cc(OC)nc(NC(=O)CN2CC=C(c3c[nH]c4ccccc34)CC2)n1. The average molecular weight is 393 g/mol. The fraction of sp³-hybridized carbons (Fsp3) is 0.286. The Bertz CT molecular complexity index is 1040. The van der Waals surface area contributed by atoms with Gasteiger partial charge in [0.25, 0.3) is 0 Å². The second-order valence-corrected chi connectivity index (χ2v) is 6.79.